The van der Waals surface area contributed by atoms with Crippen molar-refractivity contribution in [3.8, 4) is 46.7 Å². The molecule has 4 nitrogen and oxygen atoms in total. The average Bonchev–Trinajstić information content (AvgIpc) is 3.25. The first kappa shape index (κ1) is 14.1. The molecule has 0 radical (unpaired) electrons. The zero-order valence-corrected chi connectivity index (χ0v) is 12.7. The Morgan fingerprint density at radius 3 is 1.58 bits per heavy atom. The van der Waals surface area contributed by atoms with E-state index >= 15 is 0 Å². The lowest BCUT2D eigenvalue weighted by molar-refractivity contribution is 0.173. The highest BCUT2D eigenvalue weighted by Crippen LogP contribution is 2.32. The van der Waals surface area contributed by atoms with Gasteiger partial charge in [0, 0.05) is 11.1 Å². The van der Waals surface area contributed by atoms with E-state index in [9.17, 15) is 0 Å². The van der Waals surface area contributed by atoms with Gasteiger partial charge in [0.25, 0.3) is 0 Å². The molecule has 4 rings (SSSR count). The van der Waals surface area contributed by atoms with E-state index in [0.29, 0.717) is 0 Å². The quantitative estimate of drug-likeness (QED) is 0.700. The average molecular weight is 316 g/mol. The summed E-state index contributed by atoms with van der Waals surface area (Å²) in [6.07, 6.45) is 3.43. The predicted octanol–water partition coefficient (Wildman–Crippen LogP) is 3.10. The van der Waals surface area contributed by atoms with Crippen LogP contribution in [0.4, 0.5) is 0 Å². The van der Waals surface area contributed by atoms with Gasteiger partial charge in [-0.2, -0.15) is 0 Å². The van der Waals surface area contributed by atoms with Gasteiger partial charge < -0.3 is 18.9 Å². The lowest BCUT2D eigenvalue weighted by atomic mass is 10.2. The van der Waals surface area contributed by atoms with E-state index in [1.165, 1.54) is 0 Å². The minimum atomic E-state index is 0.265. The fraction of sp³-hybridized carbons (Fsp3) is 0.100. The molecule has 0 fully saturated rings. The molecule has 0 spiro atoms. The standard InChI is InChI=1S/C20H12O4/c1(3-5-15-7-9-17-19(11-15)23-13-21-17)2-4-6-16-8-10-18-20(12-16)24-14-22-18/h1-2,7-12H,13-14H2/b2-1+. The Morgan fingerprint density at radius 1 is 0.625 bits per heavy atom. The molecule has 0 atom stereocenters. The minimum absolute atomic E-state index is 0.265. The lowest BCUT2D eigenvalue weighted by Gasteiger charge is -1.94. The Hall–Kier alpha value is -3.50. The Labute approximate surface area is 139 Å². The zero-order chi connectivity index (χ0) is 16.2. The predicted molar refractivity (Wildman–Crippen MR) is 88.0 cm³/mol. The third-order valence-corrected chi connectivity index (χ3v) is 3.43. The molecule has 0 amide bonds. The van der Waals surface area contributed by atoms with Crippen LogP contribution in [0, 0.1) is 23.7 Å². The minimum Gasteiger partial charge on any atom is -0.454 e. The molecule has 0 saturated heterocycles. The van der Waals surface area contributed by atoms with Crippen LogP contribution in [0.5, 0.6) is 23.0 Å². The molecule has 0 saturated carbocycles. The number of ether oxygens (including phenoxy) is 4. The van der Waals surface area contributed by atoms with E-state index in [2.05, 4.69) is 23.7 Å². The molecule has 2 aromatic carbocycles. The van der Waals surface area contributed by atoms with Crippen LogP contribution in [0.25, 0.3) is 0 Å². The molecule has 0 aromatic heterocycles. The van der Waals surface area contributed by atoms with Crippen LogP contribution in [0.15, 0.2) is 48.6 Å². The Kier molecular flexibility index (Phi) is 3.72. The van der Waals surface area contributed by atoms with Crippen molar-refractivity contribution >= 4 is 0 Å². The number of rotatable bonds is 0. The molecular weight excluding hydrogens is 304 g/mol. The van der Waals surface area contributed by atoms with Crippen LogP contribution in [-0.2, 0) is 0 Å². The summed E-state index contributed by atoms with van der Waals surface area (Å²) in [5, 5.41) is 0. The van der Waals surface area contributed by atoms with Crippen molar-refractivity contribution in [1.82, 2.24) is 0 Å². The largest absolute Gasteiger partial charge is 0.454 e. The maximum atomic E-state index is 5.32. The van der Waals surface area contributed by atoms with Crippen molar-refractivity contribution in [2.45, 2.75) is 0 Å². The number of hydrogen-bond acceptors (Lipinski definition) is 4. The third kappa shape index (κ3) is 2.99. The molecule has 2 aromatic rings. The normalized spacial score (nSPS) is 13.2. The van der Waals surface area contributed by atoms with Crippen LogP contribution in [0.3, 0.4) is 0 Å². The van der Waals surface area contributed by atoms with Crippen LogP contribution in [-0.4, -0.2) is 13.6 Å². The lowest BCUT2D eigenvalue weighted by Crippen LogP contribution is -1.92. The highest BCUT2D eigenvalue weighted by atomic mass is 16.7. The van der Waals surface area contributed by atoms with Crippen LogP contribution in [0.1, 0.15) is 11.1 Å². The summed E-state index contributed by atoms with van der Waals surface area (Å²) in [5.41, 5.74) is 1.74. The highest BCUT2D eigenvalue weighted by molar-refractivity contribution is 5.51. The van der Waals surface area contributed by atoms with Gasteiger partial charge >= 0.3 is 0 Å². The summed E-state index contributed by atoms with van der Waals surface area (Å²) >= 11 is 0. The molecule has 0 N–H and O–H groups in total. The van der Waals surface area contributed by atoms with Gasteiger partial charge in [-0.3, -0.25) is 0 Å². The highest BCUT2D eigenvalue weighted by Gasteiger charge is 2.12. The van der Waals surface area contributed by atoms with Gasteiger partial charge in [0.05, 0.1) is 0 Å². The van der Waals surface area contributed by atoms with Gasteiger partial charge in [0.2, 0.25) is 13.6 Å². The zero-order valence-electron chi connectivity index (χ0n) is 12.7. The molecular formula is C20H12O4. The van der Waals surface area contributed by atoms with Crippen LogP contribution >= 0.6 is 0 Å². The van der Waals surface area contributed by atoms with Gasteiger partial charge in [-0.1, -0.05) is 23.7 Å². The Morgan fingerprint density at radius 2 is 1.08 bits per heavy atom. The summed E-state index contributed by atoms with van der Waals surface area (Å²) in [7, 11) is 0. The molecule has 116 valence electrons. The van der Waals surface area contributed by atoms with E-state index in [4.69, 9.17) is 18.9 Å². The summed E-state index contributed by atoms with van der Waals surface area (Å²) in [6, 6.07) is 11.2. The number of allylic oxidation sites excluding steroid dienone is 2. The fourth-order valence-electron chi connectivity index (χ4n) is 2.28. The molecule has 24 heavy (non-hydrogen) atoms. The number of fused-ring (bicyclic) bond motifs is 2. The monoisotopic (exact) mass is 316 g/mol. The van der Waals surface area contributed by atoms with E-state index in [1.54, 1.807) is 12.2 Å². The maximum absolute atomic E-state index is 5.32. The molecule has 2 aliphatic rings. The maximum Gasteiger partial charge on any atom is 0.231 e. The van der Waals surface area contributed by atoms with Gasteiger partial charge in [0.1, 0.15) is 0 Å². The van der Waals surface area contributed by atoms with Crippen molar-refractivity contribution in [3.05, 3.63) is 59.7 Å². The fourth-order valence-corrected chi connectivity index (χ4v) is 2.28. The molecule has 4 heteroatoms. The molecule has 2 aliphatic heterocycles. The third-order valence-electron chi connectivity index (χ3n) is 3.43. The second-order valence-electron chi connectivity index (χ2n) is 5.01. The SMILES string of the molecule is C(#Cc1ccc2c(c1)OCO2)/C=C/C#Cc1ccc2c(c1)OCO2. The number of hydrogen-bond donors (Lipinski definition) is 0. The van der Waals surface area contributed by atoms with Crippen LogP contribution in [0.2, 0.25) is 0 Å². The van der Waals surface area contributed by atoms with Gasteiger partial charge in [-0.25, -0.2) is 0 Å². The summed E-state index contributed by atoms with van der Waals surface area (Å²) in [5.74, 6) is 14.9. The number of benzene rings is 2. The van der Waals surface area contributed by atoms with E-state index in [-0.39, 0.29) is 13.6 Å². The topological polar surface area (TPSA) is 36.9 Å². The van der Waals surface area contributed by atoms with Gasteiger partial charge in [0.15, 0.2) is 23.0 Å². The summed E-state index contributed by atoms with van der Waals surface area (Å²) in [4.78, 5) is 0. The first-order chi connectivity index (χ1) is 11.9. The summed E-state index contributed by atoms with van der Waals surface area (Å²) < 4.78 is 21.2. The second kappa shape index (κ2) is 6.32. The molecule has 0 aliphatic carbocycles. The molecule has 2 heterocycles. The first-order valence-corrected chi connectivity index (χ1v) is 7.36. The van der Waals surface area contributed by atoms with E-state index in [0.717, 1.165) is 34.1 Å². The van der Waals surface area contributed by atoms with E-state index < -0.39 is 0 Å². The molecule has 0 bridgehead atoms. The molecule has 0 unspecified atom stereocenters. The Bertz CT molecular complexity index is 858. The van der Waals surface area contributed by atoms with Gasteiger partial charge in [-0.15, -0.1) is 0 Å². The van der Waals surface area contributed by atoms with E-state index in [1.807, 2.05) is 36.4 Å². The van der Waals surface area contributed by atoms with Crippen molar-refractivity contribution in [2.24, 2.45) is 0 Å². The van der Waals surface area contributed by atoms with Gasteiger partial charge in [-0.05, 0) is 48.6 Å². The summed E-state index contributed by atoms with van der Waals surface area (Å²) in [6.45, 7) is 0.531. The van der Waals surface area contributed by atoms with Crippen molar-refractivity contribution in [2.75, 3.05) is 13.6 Å². The van der Waals surface area contributed by atoms with Crippen molar-refractivity contribution in [3.63, 3.8) is 0 Å². The van der Waals surface area contributed by atoms with Crippen molar-refractivity contribution < 1.29 is 18.9 Å². The second-order valence-corrected chi connectivity index (χ2v) is 5.01. The smallest absolute Gasteiger partial charge is 0.231 e. The Balaban J connectivity index is 1.40. The van der Waals surface area contributed by atoms with Crippen LogP contribution < -0.4 is 18.9 Å². The van der Waals surface area contributed by atoms with Crippen molar-refractivity contribution in [1.29, 1.82) is 0 Å². The first-order valence-electron chi connectivity index (χ1n) is 7.36.